The number of hydrogen-bond donors (Lipinski definition) is 1. The van der Waals surface area contributed by atoms with E-state index in [0.29, 0.717) is 13.0 Å². The summed E-state index contributed by atoms with van der Waals surface area (Å²) in [7, 11) is -2.61. The summed E-state index contributed by atoms with van der Waals surface area (Å²) < 4.78 is 38.4. The maximum absolute atomic E-state index is 13.3. The summed E-state index contributed by atoms with van der Waals surface area (Å²) in [6.07, 6.45) is 2.21. The van der Waals surface area contributed by atoms with Crippen LogP contribution in [-0.2, 0) is 14.8 Å². The first-order chi connectivity index (χ1) is 11.3. The number of carbonyl (C=O) groups excluding carboxylic acids is 1. The number of hydrogen-bond acceptors (Lipinski definition) is 6. The third kappa shape index (κ3) is 4.36. The Kier molecular flexibility index (Phi) is 7.92. The van der Waals surface area contributed by atoms with Gasteiger partial charge in [0, 0.05) is 12.6 Å². The highest BCUT2D eigenvalue weighted by molar-refractivity contribution is 7.89. The van der Waals surface area contributed by atoms with Gasteiger partial charge in [-0.05, 0) is 46.2 Å². The van der Waals surface area contributed by atoms with Gasteiger partial charge in [-0.3, -0.25) is 0 Å². The van der Waals surface area contributed by atoms with Gasteiger partial charge >= 0.3 is 5.97 Å². The number of nitrogens with one attached hydrogen (secondary N) is 1. The van der Waals surface area contributed by atoms with Gasteiger partial charge in [0.15, 0.2) is 0 Å². The second-order valence-electron chi connectivity index (χ2n) is 6.01. The predicted octanol–water partition coefficient (Wildman–Crippen LogP) is 2.26. The number of aryl methyl sites for hydroxylation is 2. The van der Waals surface area contributed by atoms with Crippen molar-refractivity contribution in [1.29, 1.82) is 0 Å². The van der Waals surface area contributed by atoms with Crippen molar-refractivity contribution >= 4 is 28.4 Å². The summed E-state index contributed by atoms with van der Waals surface area (Å²) in [6, 6.07) is -0.0729. The topological polar surface area (TPSA) is 88.9 Å². The van der Waals surface area contributed by atoms with Gasteiger partial charge in [0.05, 0.1) is 7.11 Å². The molecule has 0 unspecified atom stereocenters. The molecule has 144 valence electrons. The van der Waals surface area contributed by atoms with Crippen LogP contribution >= 0.6 is 12.4 Å². The van der Waals surface area contributed by atoms with E-state index in [-0.39, 0.29) is 40.4 Å². The maximum atomic E-state index is 13.3. The number of sulfonamides is 1. The van der Waals surface area contributed by atoms with Crippen LogP contribution < -0.4 is 5.32 Å². The molecular weight excluding hydrogens is 368 g/mol. The van der Waals surface area contributed by atoms with Crippen molar-refractivity contribution in [2.45, 2.75) is 51.0 Å². The first kappa shape index (κ1) is 22.0. The smallest absolute Gasteiger partial charge is 0.342 e. The van der Waals surface area contributed by atoms with E-state index in [4.69, 9.17) is 9.15 Å². The highest BCUT2D eigenvalue weighted by atomic mass is 35.5. The minimum atomic E-state index is -3.85. The zero-order valence-electron chi connectivity index (χ0n) is 15.1. The Balaban J connectivity index is 0.00000312. The number of furan rings is 1. The van der Waals surface area contributed by atoms with E-state index < -0.39 is 16.0 Å². The van der Waals surface area contributed by atoms with Crippen LogP contribution in [0.4, 0.5) is 0 Å². The molecule has 2 rings (SSSR count). The molecule has 1 aromatic heterocycles. The van der Waals surface area contributed by atoms with E-state index in [9.17, 15) is 13.2 Å². The molecule has 1 aliphatic heterocycles. The first-order valence-electron chi connectivity index (χ1n) is 8.25. The van der Waals surface area contributed by atoms with E-state index >= 15 is 0 Å². The van der Waals surface area contributed by atoms with Crippen molar-refractivity contribution < 1.29 is 22.4 Å². The van der Waals surface area contributed by atoms with E-state index in [0.717, 1.165) is 25.9 Å². The number of methoxy groups -OCH3 is 1. The fraction of sp³-hybridized carbons (Fsp3) is 0.688. The van der Waals surface area contributed by atoms with Gasteiger partial charge < -0.3 is 14.5 Å². The lowest BCUT2D eigenvalue weighted by molar-refractivity contribution is 0.0594. The Morgan fingerprint density at radius 2 is 1.88 bits per heavy atom. The van der Waals surface area contributed by atoms with Crippen LogP contribution in [0.5, 0.6) is 0 Å². The molecular formula is C16H27ClN2O5S. The quantitative estimate of drug-likeness (QED) is 0.744. The molecule has 1 fully saturated rings. The third-order valence-electron chi connectivity index (χ3n) is 4.32. The molecule has 7 nitrogen and oxygen atoms in total. The van der Waals surface area contributed by atoms with Gasteiger partial charge in [0.1, 0.15) is 22.0 Å². The standard InChI is InChI=1S/C16H26N2O5S.ClH/c1-5-10-18(13-6-8-17-9-7-13)24(20,21)15-12(3)23-11(2)14(15)16(19)22-4;/h13,17H,5-10H2,1-4H3;1H. The Labute approximate surface area is 155 Å². The molecule has 0 bridgehead atoms. The largest absolute Gasteiger partial charge is 0.465 e. The van der Waals surface area contributed by atoms with Gasteiger partial charge in [0.2, 0.25) is 10.0 Å². The molecule has 1 aromatic rings. The first-order valence-corrected chi connectivity index (χ1v) is 9.69. The normalized spacial score (nSPS) is 15.9. The van der Waals surface area contributed by atoms with Crippen molar-refractivity contribution in [1.82, 2.24) is 9.62 Å². The molecule has 0 aliphatic carbocycles. The number of nitrogens with zero attached hydrogens (tertiary/aromatic N) is 1. The van der Waals surface area contributed by atoms with E-state index in [2.05, 4.69) is 5.32 Å². The summed E-state index contributed by atoms with van der Waals surface area (Å²) in [5, 5.41) is 3.24. The summed E-state index contributed by atoms with van der Waals surface area (Å²) in [5.74, 6) is -0.202. The van der Waals surface area contributed by atoms with E-state index in [1.54, 1.807) is 13.8 Å². The van der Waals surface area contributed by atoms with Crippen LogP contribution in [0.1, 0.15) is 48.1 Å². The van der Waals surface area contributed by atoms with Crippen molar-refractivity contribution in [2.24, 2.45) is 0 Å². The zero-order chi connectivity index (χ0) is 17.9. The van der Waals surface area contributed by atoms with Crippen LogP contribution in [0.2, 0.25) is 0 Å². The van der Waals surface area contributed by atoms with Crippen molar-refractivity contribution in [3.63, 3.8) is 0 Å². The van der Waals surface area contributed by atoms with Crippen molar-refractivity contribution in [2.75, 3.05) is 26.7 Å². The fourth-order valence-electron chi connectivity index (χ4n) is 3.24. The van der Waals surface area contributed by atoms with Gasteiger partial charge in [0.25, 0.3) is 0 Å². The van der Waals surface area contributed by atoms with Gasteiger partial charge in [-0.2, -0.15) is 4.31 Å². The Hall–Kier alpha value is -1.09. The molecule has 2 heterocycles. The van der Waals surface area contributed by atoms with Crippen molar-refractivity contribution in [3.8, 4) is 0 Å². The molecule has 1 N–H and O–H groups in total. The molecule has 25 heavy (non-hydrogen) atoms. The van der Waals surface area contributed by atoms with Crippen LogP contribution in [-0.4, -0.2) is 51.5 Å². The van der Waals surface area contributed by atoms with Crippen LogP contribution in [0.15, 0.2) is 9.31 Å². The molecule has 0 radical (unpaired) electrons. The lowest BCUT2D eigenvalue weighted by atomic mass is 10.1. The molecule has 9 heteroatoms. The number of rotatable bonds is 6. The Bertz CT molecular complexity index is 696. The molecule has 0 spiro atoms. The van der Waals surface area contributed by atoms with Crippen LogP contribution in [0.25, 0.3) is 0 Å². The molecule has 0 atom stereocenters. The fourth-order valence-corrected chi connectivity index (χ4v) is 5.39. The summed E-state index contributed by atoms with van der Waals surface area (Å²) in [5.41, 5.74) is 0.00466. The minimum Gasteiger partial charge on any atom is -0.465 e. The molecule has 0 saturated carbocycles. The monoisotopic (exact) mass is 394 g/mol. The second-order valence-corrected chi connectivity index (χ2v) is 7.83. The van der Waals surface area contributed by atoms with Crippen LogP contribution in [0.3, 0.4) is 0 Å². The minimum absolute atomic E-state index is 0. The van der Waals surface area contributed by atoms with E-state index in [1.807, 2.05) is 6.92 Å². The SMILES string of the molecule is CCCN(C1CCNCC1)S(=O)(=O)c1c(C)oc(C)c1C(=O)OC.Cl. The summed E-state index contributed by atoms with van der Waals surface area (Å²) >= 11 is 0. The Morgan fingerprint density at radius 3 is 2.40 bits per heavy atom. The molecule has 1 aliphatic rings. The summed E-state index contributed by atoms with van der Waals surface area (Å²) in [6.45, 7) is 7.07. The van der Waals surface area contributed by atoms with Gasteiger partial charge in [-0.1, -0.05) is 6.92 Å². The van der Waals surface area contributed by atoms with E-state index in [1.165, 1.54) is 11.4 Å². The number of esters is 1. The lowest BCUT2D eigenvalue weighted by Crippen LogP contribution is -2.46. The number of carbonyl (C=O) groups is 1. The molecule has 0 aromatic carbocycles. The Morgan fingerprint density at radius 1 is 1.28 bits per heavy atom. The zero-order valence-corrected chi connectivity index (χ0v) is 16.8. The summed E-state index contributed by atoms with van der Waals surface area (Å²) in [4.78, 5) is 12.0. The van der Waals surface area contributed by atoms with Gasteiger partial charge in [-0.25, -0.2) is 13.2 Å². The maximum Gasteiger partial charge on any atom is 0.342 e. The average molecular weight is 395 g/mol. The number of ether oxygens (including phenoxy) is 1. The number of piperidine rings is 1. The van der Waals surface area contributed by atoms with Crippen molar-refractivity contribution in [3.05, 3.63) is 17.1 Å². The highest BCUT2D eigenvalue weighted by Gasteiger charge is 2.38. The molecule has 0 amide bonds. The second kappa shape index (κ2) is 9.02. The highest BCUT2D eigenvalue weighted by Crippen LogP contribution is 2.32. The van der Waals surface area contributed by atoms with Gasteiger partial charge in [-0.15, -0.1) is 12.4 Å². The predicted molar refractivity (Wildman–Crippen MR) is 96.8 cm³/mol. The lowest BCUT2D eigenvalue weighted by Gasteiger charge is -2.33. The van der Waals surface area contributed by atoms with Crippen LogP contribution in [0, 0.1) is 13.8 Å². The molecule has 1 saturated heterocycles. The number of halogens is 1. The average Bonchev–Trinajstić information content (AvgIpc) is 2.87. The third-order valence-corrected chi connectivity index (χ3v) is 6.43.